The lowest BCUT2D eigenvalue weighted by molar-refractivity contribution is -0.190. The molecule has 0 aliphatic carbocycles. The highest BCUT2D eigenvalue weighted by atomic mass is 32.2. The number of carbonyl (C=O) groups excluding carboxylic acids is 4. The molecular formula is C19H31NO9S. The van der Waals surface area contributed by atoms with Crippen molar-refractivity contribution in [2.45, 2.75) is 76.9 Å². The molecule has 1 rings (SSSR count). The van der Waals surface area contributed by atoms with Crippen LogP contribution in [0.25, 0.3) is 0 Å². The largest absolute Gasteiger partial charge is 0.466 e. The summed E-state index contributed by atoms with van der Waals surface area (Å²) in [6, 6.07) is -0.744. The first-order valence-electron chi connectivity index (χ1n) is 9.68. The van der Waals surface area contributed by atoms with Crippen LogP contribution in [0.3, 0.4) is 0 Å². The predicted octanol–water partition coefficient (Wildman–Crippen LogP) is 0.801. The van der Waals surface area contributed by atoms with Crippen molar-refractivity contribution in [2.24, 2.45) is 0 Å². The molecule has 1 fully saturated rings. The first-order valence-corrected chi connectivity index (χ1v) is 10.7. The smallest absolute Gasteiger partial charge is 0.303 e. The van der Waals surface area contributed by atoms with E-state index in [1.807, 2.05) is 6.92 Å². The Morgan fingerprint density at radius 1 is 1.07 bits per heavy atom. The van der Waals surface area contributed by atoms with Crippen molar-refractivity contribution in [1.29, 1.82) is 0 Å². The molecule has 0 unspecified atom stereocenters. The van der Waals surface area contributed by atoms with Crippen LogP contribution < -0.4 is 5.32 Å². The van der Waals surface area contributed by atoms with Crippen LogP contribution in [0.1, 0.15) is 41.0 Å². The number of esters is 3. The summed E-state index contributed by atoms with van der Waals surface area (Å²) in [4.78, 5) is 46.9. The van der Waals surface area contributed by atoms with Crippen molar-refractivity contribution < 1.29 is 42.9 Å². The van der Waals surface area contributed by atoms with Crippen molar-refractivity contribution >= 4 is 35.6 Å². The van der Waals surface area contributed by atoms with Crippen LogP contribution in [0.2, 0.25) is 0 Å². The zero-order valence-electron chi connectivity index (χ0n) is 18.2. The van der Waals surface area contributed by atoms with Crippen molar-refractivity contribution in [3.8, 4) is 0 Å². The zero-order valence-corrected chi connectivity index (χ0v) is 19.0. The average molecular weight is 450 g/mol. The van der Waals surface area contributed by atoms with Gasteiger partial charge in [0, 0.05) is 34.3 Å². The summed E-state index contributed by atoms with van der Waals surface area (Å²) >= 11 is 1.50. The molecule has 1 heterocycles. The first kappa shape index (κ1) is 26.2. The van der Waals surface area contributed by atoms with Gasteiger partial charge in [0.2, 0.25) is 0 Å². The van der Waals surface area contributed by atoms with E-state index >= 15 is 0 Å². The van der Waals surface area contributed by atoms with Crippen LogP contribution in [0.4, 0.5) is 0 Å². The number of hydrogen-bond donors (Lipinski definition) is 1. The summed E-state index contributed by atoms with van der Waals surface area (Å²) in [5.74, 6) is -1.56. The third-order valence-corrected chi connectivity index (χ3v) is 5.34. The second kappa shape index (κ2) is 12.8. The maximum atomic E-state index is 12.8. The van der Waals surface area contributed by atoms with Gasteiger partial charge in [0.1, 0.15) is 11.5 Å². The van der Waals surface area contributed by atoms with E-state index in [-0.39, 0.29) is 18.5 Å². The van der Waals surface area contributed by atoms with Crippen LogP contribution in [0.15, 0.2) is 0 Å². The van der Waals surface area contributed by atoms with Crippen LogP contribution >= 0.6 is 11.8 Å². The Kier molecular flexibility index (Phi) is 11.1. The summed E-state index contributed by atoms with van der Waals surface area (Å²) in [5.41, 5.74) is -0.388. The minimum absolute atomic E-state index is 0.0206. The summed E-state index contributed by atoms with van der Waals surface area (Å²) in [7, 11) is 1.48. The molecule has 0 aromatic rings. The molecule has 0 aromatic carbocycles. The Balaban J connectivity index is 3.01. The normalized spacial score (nSPS) is 26.9. The van der Waals surface area contributed by atoms with E-state index < -0.39 is 54.3 Å². The van der Waals surface area contributed by atoms with E-state index in [0.29, 0.717) is 0 Å². The Hall–Kier alpha value is -1.85. The van der Waals surface area contributed by atoms with Gasteiger partial charge in [0.15, 0.2) is 12.2 Å². The van der Waals surface area contributed by atoms with Gasteiger partial charge in [-0.25, -0.2) is 0 Å². The van der Waals surface area contributed by atoms with Gasteiger partial charge >= 0.3 is 17.9 Å². The maximum Gasteiger partial charge on any atom is 0.303 e. The summed E-state index contributed by atoms with van der Waals surface area (Å²) in [6.45, 7) is 7.30. The predicted molar refractivity (Wildman–Crippen MR) is 108 cm³/mol. The van der Waals surface area contributed by atoms with Gasteiger partial charge in [-0.05, 0) is 12.7 Å². The number of hydrogen-bond acceptors (Lipinski definition) is 10. The first-order chi connectivity index (χ1) is 14.1. The lowest BCUT2D eigenvalue weighted by Crippen LogP contribution is -2.64. The van der Waals surface area contributed by atoms with Gasteiger partial charge in [-0.15, -0.1) is 11.8 Å². The fourth-order valence-corrected chi connectivity index (χ4v) is 4.12. The SMILES string of the molecule is CCS[C@H]1O[C@H](C)[C@@H](NC(=O)[C@H](CCOC(C)=O)OC(C)=O)[C@H](OC(C)=O)[C@@H]1OC. The van der Waals surface area contributed by atoms with E-state index in [1.165, 1.54) is 39.6 Å². The molecule has 0 saturated carbocycles. The fraction of sp³-hybridized carbons (Fsp3) is 0.789. The molecule has 6 atom stereocenters. The molecule has 11 heteroatoms. The monoisotopic (exact) mass is 449 g/mol. The van der Waals surface area contributed by atoms with Crippen LogP contribution in [0.5, 0.6) is 0 Å². The summed E-state index contributed by atoms with van der Waals surface area (Å²) < 4.78 is 26.9. The number of ether oxygens (including phenoxy) is 5. The quantitative estimate of drug-likeness (QED) is 0.378. The standard InChI is InChI=1S/C19H31NO9S/c1-7-30-19-17(25-6)16(29-13(5)23)15(10(2)27-19)20-18(24)14(28-12(4)22)8-9-26-11(3)21/h10,14-17,19H,7-9H2,1-6H3,(H,20,24)/t10-,14+,15-,16+,17+,19-/m1/s1. The lowest BCUT2D eigenvalue weighted by atomic mass is 9.97. The van der Waals surface area contributed by atoms with E-state index in [0.717, 1.165) is 5.75 Å². The second-order valence-electron chi connectivity index (χ2n) is 6.70. The van der Waals surface area contributed by atoms with Gasteiger partial charge in [0.25, 0.3) is 5.91 Å². The Bertz CT molecular complexity index is 615. The second-order valence-corrected chi connectivity index (χ2v) is 8.08. The molecule has 1 saturated heterocycles. The number of amides is 1. The highest BCUT2D eigenvalue weighted by Gasteiger charge is 2.48. The molecule has 0 spiro atoms. The minimum atomic E-state index is -1.18. The highest BCUT2D eigenvalue weighted by Crippen LogP contribution is 2.32. The molecule has 1 amide bonds. The number of carbonyl (C=O) groups is 4. The Morgan fingerprint density at radius 2 is 1.73 bits per heavy atom. The molecule has 1 aliphatic rings. The van der Waals surface area contributed by atoms with E-state index in [1.54, 1.807) is 6.92 Å². The molecular weight excluding hydrogens is 418 g/mol. The van der Waals surface area contributed by atoms with Gasteiger partial charge in [-0.3, -0.25) is 19.2 Å². The molecule has 172 valence electrons. The van der Waals surface area contributed by atoms with Gasteiger partial charge in [0.05, 0.1) is 18.8 Å². The highest BCUT2D eigenvalue weighted by molar-refractivity contribution is 7.99. The van der Waals surface area contributed by atoms with Crippen molar-refractivity contribution in [2.75, 3.05) is 19.5 Å². The van der Waals surface area contributed by atoms with Crippen LogP contribution in [-0.4, -0.2) is 79.2 Å². The maximum absolute atomic E-state index is 12.8. The van der Waals surface area contributed by atoms with E-state index in [2.05, 4.69) is 5.32 Å². The van der Waals surface area contributed by atoms with Crippen LogP contribution in [0, 0.1) is 0 Å². The molecule has 10 nitrogen and oxygen atoms in total. The number of rotatable bonds is 10. The van der Waals surface area contributed by atoms with Gasteiger partial charge in [-0.2, -0.15) is 0 Å². The average Bonchev–Trinajstić information content (AvgIpc) is 2.63. The van der Waals surface area contributed by atoms with Gasteiger partial charge < -0.3 is 29.0 Å². The molecule has 30 heavy (non-hydrogen) atoms. The van der Waals surface area contributed by atoms with Crippen LogP contribution in [-0.2, 0) is 42.9 Å². The van der Waals surface area contributed by atoms with E-state index in [9.17, 15) is 19.2 Å². The van der Waals surface area contributed by atoms with Crippen molar-refractivity contribution in [3.05, 3.63) is 0 Å². The van der Waals surface area contributed by atoms with E-state index in [4.69, 9.17) is 23.7 Å². The summed E-state index contributed by atoms with van der Waals surface area (Å²) in [5, 5.41) is 2.75. The molecule has 0 bridgehead atoms. The molecule has 1 aliphatic heterocycles. The Labute approximate surface area is 180 Å². The third-order valence-electron chi connectivity index (χ3n) is 4.30. The Morgan fingerprint density at radius 3 is 2.23 bits per heavy atom. The number of nitrogens with one attached hydrogen (secondary N) is 1. The van der Waals surface area contributed by atoms with Gasteiger partial charge in [-0.1, -0.05) is 6.92 Å². The topological polar surface area (TPSA) is 126 Å². The summed E-state index contributed by atoms with van der Waals surface area (Å²) in [6.07, 6.45) is -3.15. The third kappa shape index (κ3) is 8.11. The number of methoxy groups -OCH3 is 1. The minimum Gasteiger partial charge on any atom is -0.466 e. The fourth-order valence-electron chi connectivity index (χ4n) is 3.09. The number of thioether (sulfide) groups is 1. The molecule has 0 aromatic heterocycles. The zero-order chi connectivity index (χ0) is 22.8. The van der Waals surface area contributed by atoms with Crippen molar-refractivity contribution in [1.82, 2.24) is 5.32 Å². The van der Waals surface area contributed by atoms with Crippen molar-refractivity contribution in [3.63, 3.8) is 0 Å². The lowest BCUT2D eigenvalue weighted by Gasteiger charge is -2.44. The molecule has 0 radical (unpaired) electrons. The molecule has 1 N–H and O–H groups in total.